The Bertz CT molecular complexity index is 1280. The van der Waals surface area contributed by atoms with Gasteiger partial charge in [-0.3, -0.25) is 19.3 Å². The summed E-state index contributed by atoms with van der Waals surface area (Å²) in [6.45, 7) is 5.47. The molecule has 1 aliphatic rings. The van der Waals surface area contributed by atoms with E-state index >= 15 is 0 Å². The number of nitrogens with zero attached hydrogens (tertiary/aromatic N) is 1. The van der Waals surface area contributed by atoms with Crippen LogP contribution in [-0.2, 0) is 34.0 Å². The van der Waals surface area contributed by atoms with Crippen LogP contribution in [0.25, 0.3) is 0 Å². The molecule has 0 bridgehead atoms. The third-order valence-electron chi connectivity index (χ3n) is 7.57. The summed E-state index contributed by atoms with van der Waals surface area (Å²) in [5.74, 6) is -0.499. The van der Waals surface area contributed by atoms with Gasteiger partial charge in [-0.05, 0) is 54.1 Å². The first-order chi connectivity index (χ1) is 20.4. The Balaban J connectivity index is 1.32. The van der Waals surface area contributed by atoms with Crippen molar-refractivity contribution in [3.63, 3.8) is 0 Å². The van der Waals surface area contributed by atoms with Gasteiger partial charge in [0.25, 0.3) is 0 Å². The number of likely N-dealkylation sites (tertiary alicyclic amines) is 1. The van der Waals surface area contributed by atoms with Crippen LogP contribution in [-0.4, -0.2) is 48.3 Å². The minimum Gasteiger partial charge on any atom is -0.489 e. The van der Waals surface area contributed by atoms with Crippen LogP contribution in [0, 0.1) is 18.3 Å². The van der Waals surface area contributed by atoms with Crippen molar-refractivity contribution in [2.24, 2.45) is 17.6 Å². The number of amides is 3. The van der Waals surface area contributed by atoms with Gasteiger partial charge >= 0.3 is 0 Å². The summed E-state index contributed by atoms with van der Waals surface area (Å²) in [5.41, 5.74) is 8.57. The van der Waals surface area contributed by atoms with Gasteiger partial charge in [0.15, 0.2) is 0 Å². The molecule has 1 fully saturated rings. The number of hydrogen-bond donors (Lipinski definition) is 3. The van der Waals surface area contributed by atoms with E-state index in [1.165, 1.54) is 12.0 Å². The molecule has 1 aliphatic heterocycles. The fourth-order valence-corrected chi connectivity index (χ4v) is 4.97. The van der Waals surface area contributed by atoms with Gasteiger partial charge in [0, 0.05) is 32.0 Å². The van der Waals surface area contributed by atoms with Crippen molar-refractivity contribution in [3.8, 4) is 5.75 Å². The summed E-state index contributed by atoms with van der Waals surface area (Å²) in [7, 11) is 0. The van der Waals surface area contributed by atoms with E-state index < -0.39 is 23.8 Å². The highest BCUT2D eigenvalue weighted by atomic mass is 16.5. The molecule has 42 heavy (non-hydrogen) atoms. The van der Waals surface area contributed by atoms with Gasteiger partial charge in [-0.2, -0.15) is 0 Å². The Morgan fingerprint density at radius 1 is 0.952 bits per heavy atom. The normalized spacial score (nSPS) is 16.4. The summed E-state index contributed by atoms with van der Waals surface area (Å²) < 4.78 is 5.88. The van der Waals surface area contributed by atoms with Crippen molar-refractivity contribution >= 4 is 17.7 Å². The van der Waals surface area contributed by atoms with Gasteiger partial charge in [-0.15, -0.1) is 0 Å². The number of nitrogens with one attached hydrogen (secondary N) is 2. The number of primary amides is 1. The van der Waals surface area contributed by atoms with E-state index in [9.17, 15) is 14.4 Å². The fraction of sp³-hybridized carbons (Fsp3) is 0.353. The summed E-state index contributed by atoms with van der Waals surface area (Å²) in [5, 5.41) is 5.91. The van der Waals surface area contributed by atoms with Crippen molar-refractivity contribution in [2.45, 2.75) is 45.4 Å². The van der Waals surface area contributed by atoms with E-state index in [2.05, 4.69) is 39.8 Å². The number of hydrogen-bond acceptors (Lipinski definition) is 5. The van der Waals surface area contributed by atoms with E-state index in [1.807, 2.05) is 60.7 Å². The lowest BCUT2D eigenvalue weighted by atomic mass is 10.0. The summed E-state index contributed by atoms with van der Waals surface area (Å²) in [6, 6.07) is 27.1. The molecule has 1 radical (unpaired) electrons. The molecule has 3 unspecified atom stereocenters. The molecule has 3 atom stereocenters. The largest absolute Gasteiger partial charge is 0.489 e. The highest BCUT2D eigenvalue weighted by molar-refractivity contribution is 5.92. The second-order valence-corrected chi connectivity index (χ2v) is 11.0. The van der Waals surface area contributed by atoms with Crippen molar-refractivity contribution in [3.05, 3.63) is 108 Å². The Hall–Kier alpha value is -4.17. The van der Waals surface area contributed by atoms with Crippen LogP contribution in [0.15, 0.2) is 84.9 Å². The SMILES string of the molecule is CC(C[CH]C(=O)NC(Cc1ccc(OCc2ccccc2)cc1)C(=O)NCC1CCN(Cc2ccccc2)C1)C(N)=O. The molecule has 0 aliphatic carbocycles. The lowest BCUT2D eigenvalue weighted by molar-refractivity contribution is -0.128. The molecule has 4 rings (SSSR count). The standard InChI is InChI=1S/C34H41N4O4/c1-25(33(35)40)12-17-32(39)37-31(20-26-13-15-30(16-14-26)42-24-28-10-6-3-7-11-28)34(41)36-21-29-18-19-38(23-29)22-27-8-4-2-5-9-27/h2-11,13-17,25,29,31H,12,18-24H2,1H3,(H2,35,40)(H,36,41)(H,37,39). The molecule has 8 nitrogen and oxygen atoms in total. The smallest absolute Gasteiger partial charge is 0.242 e. The molecule has 4 N–H and O–H groups in total. The van der Waals surface area contributed by atoms with Crippen LogP contribution in [0.3, 0.4) is 0 Å². The zero-order valence-corrected chi connectivity index (χ0v) is 24.2. The van der Waals surface area contributed by atoms with Crippen molar-refractivity contribution in [1.82, 2.24) is 15.5 Å². The molecule has 0 aromatic heterocycles. The molecular formula is C34H41N4O4. The molecule has 3 aromatic rings. The van der Waals surface area contributed by atoms with Gasteiger partial charge in [-0.25, -0.2) is 0 Å². The molecular weight excluding hydrogens is 528 g/mol. The van der Waals surface area contributed by atoms with Crippen molar-refractivity contribution in [2.75, 3.05) is 19.6 Å². The van der Waals surface area contributed by atoms with E-state index in [-0.39, 0.29) is 12.3 Å². The maximum absolute atomic E-state index is 13.3. The second kappa shape index (κ2) is 15.7. The average Bonchev–Trinajstić information content (AvgIpc) is 3.46. The van der Waals surface area contributed by atoms with Crippen LogP contribution < -0.4 is 21.1 Å². The van der Waals surface area contributed by atoms with Crippen LogP contribution >= 0.6 is 0 Å². The minimum atomic E-state index is -0.768. The highest BCUT2D eigenvalue weighted by Crippen LogP contribution is 2.19. The van der Waals surface area contributed by atoms with Crippen LogP contribution in [0.1, 0.15) is 36.5 Å². The molecule has 1 saturated heterocycles. The maximum atomic E-state index is 13.3. The van der Waals surface area contributed by atoms with Gasteiger partial charge in [0.2, 0.25) is 17.7 Å². The third-order valence-corrected chi connectivity index (χ3v) is 7.57. The Morgan fingerprint density at radius 3 is 2.29 bits per heavy atom. The monoisotopic (exact) mass is 569 g/mol. The number of benzene rings is 3. The first-order valence-electron chi connectivity index (χ1n) is 14.6. The lowest BCUT2D eigenvalue weighted by Gasteiger charge is -2.21. The summed E-state index contributed by atoms with van der Waals surface area (Å²) in [4.78, 5) is 39.8. The predicted octanol–water partition coefficient (Wildman–Crippen LogP) is 3.65. The Morgan fingerprint density at radius 2 is 1.62 bits per heavy atom. The van der Waals surface area contributed by atoms with Crippen LogP contribution in [0.5, 0.6) is 5.75 Å². The van der Waals surface area contributed by atoms with Gasteiger partial charge < -0.3 is 21.1 Å². The molecule has 221 valence electrons. The van der Waals surface area contributed by atoms with Crippen molar-refractivity contribution in [1.29, 1.82) is 0 Å². The molecule has 3 aromatic carbocycles. The number of nitrogens with two attached hydrogens (primary N) is 1. The molecule has 3 amide bonds. The molecule has 0 spiro atoms. The first kappa shape index (κ1) is 30.8. The van der Waals surface area contributed by atoms with Crippen molar-refractivity contribution < 1.29 is 19.1 Å². The Labute approximate surface area is 248 Å². The van der Waals surface area contributed by atoms with Gasteiger partial charge in [-0.1, -0.05) is 79.7 Å². The Kier molecular flexibility index (Phi) is 11.5. The second-order valence-electron chi connectivity index (χ2n) is 11.0. The van der Waals surface area contributed by atoms with E-state index in [0.717, 1.165) is 42.9 Å². The number of rotatable bonds is 15. The number of carbonyl (C=O) groups is 3. The van der Waals surface area contributed by atoms with E-state index in [0.29, 0.717) is 25.5 Å². The van der Waals surface area contributed by atoms with Crippen LogP contribution in [0.4, 0.5) is 0 Å². The fourth-order valence-electron chi connectivity index (χ4n) is 4.97. The average molecular weight is 570 g/mol. The number of carbonyl (C=O) groups excluding carboxylic acids is 3. The van der Waals surface area contributed by atoms with E-state index in [4.69, 9.17) is 10.5 Å². The zero-order valence-electron chi connectivity index (χ0n) is 24.2. The minimum absolute atomic E-state index is 0.211. The summed E-state index contributed by atoms with van der Waals surface area (Å²) in [6.07, 6.45) is 2.92. The molecule has 8 heteroatoms. The van der Waals surface area contributed by atoms with Crippen LogP contribution in [0.2, 0.25) is 0 Å². The molecule has 1 heterocycles. The van der Waals surface area contributed by atoms with Gasteiger partial charge in [0.1, 0.15) is 18.4 Å². The van der Waals surface area contributed by atoms with Gasteiger partial charge in [0.05, 0.1) is 6.42 Å². The highest BCUT2D eigenvalue weighted by Gasteiger charge is 2.26. The quantitative estimate of drug-likeness (QED) is 0.259. The first-order valence-corrected chi connectivity index (χ1v) is 14.6. The third kappa shape index (κ3) is 10.0. The predicted molar refractivity (Wildman–Crippen MR) is 163 cm³/mol. The maximum Gasteiger partial charge on any atom is 0.242 e. The topological polar surface area (TPSA) is 114 Å². The number of ether oxygens (including phenoxy) is 1. The van der Waals surface area contributed by atoms with E-state index in [1.54, 1.807) is 6.92 Å². The molecule has 0 saturated carbocycles. The summed E-state index contributed by atoms with van der Waals surface area (Å²) >= 11 is 0. The lowest BCUT2D eigenvalue weighted by Crippen LogP contribution is -2.49. The zero-order chi connectivity index (χ0) is 29.7.